The highest BCUT2D eigenvalue weighted by Crippen LogP contribution is 2.17. The van der Waals surface area contributed by atoms with Gasteiger partial charge in [0.15, 0.2) is 6.10 Å². The molecule has 0 amide bonds. The fourth-order valence-electron chi connectivity index (χ4n) is 9.90. The van der Waals surface area contributed by atoms with E-state index in [4.69, 9.17) is 14.2 Å². The monoisotopic (exact) mass is 1130 g/mol. The fraction of sp³-hybridized carbons (Fsp3) is 0.747. The van der Waals surface area contributed by atoms with Crippen LogP contribution in [0.2, 0.25) is 0 Å². The van der Waals surface area contributed by atoms with E-state index in [0.29, 0.717) is 19.3 Å². The molecule has 1 unspecified atom stereocenters. The average molecular weight is 1130 g/mol. The van der Waals surface area contributed by atoms with E-state index in [1.54, 1.807) is 0 Å². The molecule has 0 N–H and O–H groups in total. The van der Waals surface area contributed by atoms with Crippen LogP contribution in [-0.4, -0.2) is 37.2 Å². The SMILES string of the molecule is CC/C=C\C/C=C\C/C=C\C/C=C\C/C=C\CCCC(=O)OCC(COC(=O)CCCCCCCCCCCCCCCCCCCCCCCCCCC)OC(=O)CCCCCCCC/C=C\C/C=C\C/C=C\CCCCCCC. The first-order valence-electron chi connectivity index (χ1n) is 34.7. The largest absolute Gasteiger partial charge is 0.462 e. The van der Waals surface area contributed by atoms with Gasteiger partial charge in [-0.2, -0.15) is 0 Å². The van der Waals surface area contributed by atoms with Crippen LogP contribution in [0.5, 0.6) is 0 Å². The lowest BCUT2D eigenvalue weighted by atomic mass is 10.0. The second-order valence-corrected chi connectivity index (χ2v) is 23.1. The topological polar surface area (TPSA) is 78.9 Å². The van der Waals surface area contributed by atoms with Gasteiger partial charge in [-0.1, -0.05) is 323 Å². The van der Waals surface area contributed by atoms with Gasteiger partial charge in [0.2, 0.25) is 0 Å². The third-order valence-electron chi connectivity index (χ3n) is 15.1. The Morgan fingerprint density at radius 3 is 0.802 bits per heavy atom. The maximum atomic E-state index is 12.9. The van der Waals surface area contributed by atoms with E-state index in [-0.39, 0.29) is 37.5 Å². The first-order valence-corrected chi connectivity index (χ1v) is 34.7. The average Bonchev–Trinajstić information content (AvgIpc) is 3.47. The van der Waals surface area contributed by atoms with Gasteiger partial charge in [-0.05, 0) is 96.3 Å². The van der Waals surface area contributed by atoms with Gasteiger partial charge in [0.1, 0.15) is 13.2 Å². The third kappa shape index (κ3) is 67.0. The molecule has 0 aromatic heterocycles. The highest BCUT2D eigenvalue weighted by molar-refractivity contribution is 5.71. The molecule has 6 heteroatoms. The second kappa shape index (κ2) is 68.8. The summed E-state index contributed by atoms with van der Waals surface area (Å²) in [6.45, 7) is 6.50. The van der Waals surface area contributed by atoms with Gasteiger partial charge in [0, 0.05) is 19.3 Å². The summed E-state index contributed by atoms with van der Waals surface area (Å²) in [5.74, 6) is -0.957. The van der Waals surface area contributed by atoms with E-state index in [0.717, 1.165) is 103 Å². The van der Waals surface area contributed by atoms with Crippen LogP contribution in [0.15, 0.2) is 97.2 Å². The van der Waals surface area contributed by atoms with E-state index in [1.807, 2.05) is 0 Å². The molecule has 0 heterocycles. The summed E-state index contributed by atoms with van der Waals surface area (Å²) in [5.41, 5.74) is 0. The predicted octanol–water partition coefficient (Wildman–Crippen LogP) is 24.0. The van der Waals surface area contributed by atoms with Gasteiger partial charge < -0.3 is 14.2 Å². The predicted molar refractivity (Wildman–Crippen MR) is 353 cm³/mol. The van der Waals surface area contributed by atoms with E-state index >= 15 is 0 Å². The van der Waals surface area contributed by atoms with Crippen LogP contribution < -0.4 is 0 Å². The van der Waals surface area contributed by atoms with Crippen LogP contribution in [0.25, 0.3) is 0 Å². The first kappa shape index (κ1) is 77.3. The summed E-state index contributed by atoms with van der Waals surface area (Å²) in [4.78, 5) is 38.4. The standard InChI is InChI=1S/C75H130O6/c1-4-7-10-13-16-19-22-25-28-31-33-35-36-37-38-40-41-44-47-50-53-56-59-62-65-68-74(77)80-71-72(70-79-73(76)67-64-61-58-55-52-49-46-43-30-27-24-21-18-15-12-9-6-3)81-75(78)69-66-63-60-57-54-51-48-45-42-39-34-32-29-26-23-20-17-14-11-8-5-2/h9,12,18,21,23,26-27,30,32,34,42,45-46,49,55,58,72H,4-8,10-11,13-17,19-20,22,24-25,28-29,31,33,35-41,43-44,47-48,50-54,56-57,59-71H2,1-3H3/b12-9-,21-18-,26-23-,30-27-,34-32-,45-42-,49-46-,58-55-. The van der Waals surface area contributed by atoms with Gasteiger partial charge >= 0.3 is 17.9 Å². The molecule has 0 saturated carbocycles. The van der Waals surface area contributed by atoms with Crippen molar-refractivity contribution in [2.24, 2.45) is 0 Å². The molecule has 0 saturated heterocycles. The Hall–Kier alpha value is -3.67. The van der Waals surface area contributed by atoms with Crippen molar-refractivity contribution in [3.63, 3.8) is 0 Å². The van der Waals surface area contributed by atoms with Crippen molar-refractivity contribution in [1.29, 1.82) is 0 Å². The summed E-state index contributed by atoms with van der Waals surface area (Å²) in [7, 11) is 0. The Morgan fingerprint density at radius 1 is 0.259 bits per heavy atom. The van der Waals surface area contributed by atoms with Gasteiger partial charge in [-0.25, -0.2) is 0 Å². The summed E-state index contributed by atoms with van der Waals surface area (Å²) in [5, 5.41) is 0. The first-order chi connectivity index (χ1) is 40.0. The summed E-state index contributed by atoms with van der Waals surface area (Å²) < 4.78 is 16.9. The molecule has 0 aromatic rings. The van der Waals surface area contributed by atoms with E-state index in [2.05, 4.69) is 118 Å². The van der Waals surface area contributed by atoms with Crippen molar-refractivity contribution in [1.82, 2.24) is 0 Å². The molecular formula is C75H130O6. The lowest BCUT2D eigenvalue weighted by molar-refractivity contribution is -0.167. The lowest BCUT2D eigenvalue weighted by Gasteiger charge is -2.18. The molecule has 0 rings (SSSR count). The van der Waals surface area contributed by atoms with Crippen molar-refractivity contribution < 1.29 is 28.6 Å². The van der Waals surface area contributed by atoms with Crippen molar-refractivity contribution in [2.45, 2.75) is 348 Å². The molecule has 0 aliphatic rings. The minimum atomic E-state index is -0.810. The van der Waals surface area contributed by atoms with Crippen molar-refractivity contribution in [3.8, 4) is 0 Å². The number of allylic oxidation sites excluding steroid dienone is 16. The zero-order chi connectivity index (χ0) is 58.5. The van der Waals surface area contributed by atoms with Gasteiger partial charge in [0.05, 0.1) is 0 Å². The number of hydrogen-bond donors (Lipinski definition) is 0. The molecule has 81 heavy (non-hydrogen) atoms. The summed E-state index contributed by atoms with van der Waals surface area (Å²) in [6.07, 6.45) is 93.0. The Morgan fingerprint density at radius 2 is 0.494 bits per heavy atom. The highest BCUT2D eigenvalue weighted by atomic mass is 16.6. The van der Waals surface area contributed by atoms with E-state index < -0.39 is 6.10 Å². The third-order valence-corrected chi connectivity index (χ3v) is 15.1. The molecule has 0 radical (unpaired) electrons. The summed E-state index contributed by atoms with van der Waals surface area (Å²) >= 11 is 0. The number of unbranched alkanes of at least 4 members (excludes halogenated alkanes) is 36. The van der Waals surface area contributed by atoms with Crippen LogP contribution in [0, 0.1) is 0 Å². The maximum absolute atomic E-state index is 12.9. The van der Waals surface area contributed by atoms with E-state index in [9.17, 15) is 14.4 Å². The molecule has 0 spiro atoms. The van der Waals surface area contributed by atoms with Crippen LogP contribution >= 0.6 is 0 Å². The normalized spacial score (nSPS) is 12.7. The molecule has 0 aliphatic carbocycles. The molecule has 466 valence electrons. The molecule has 0 aromatic carbocycles. The summed E-state index contributed by atoms with van der Waals surface area (Å²) in [6, 6.07) is 0. The number of carbonyl (C=O) groups is 3. The molecule has 0 aliphatic heterocycles. The molecule has 1 atom stereocenters. The van der Waals surface area contributed by atoms with Gasteiger partial charge in [0.25, 0.3) is 0 Å². The number of esters is 3. The molecule has 0 bridgehead atoms. The number of carbonyl (C=O) groups excluding carboxylic acids is 3. The quantitative estimate of drug-likeness (QED) is 0.0261. The maximum Gasteiger partial charge on any atom is 0.306 e. The lowest BCUT2D eigenvalue weighted by Crippen LogP contribution is -2.30. The molecular weight excluding hydrogens is 997 g/mol. The zero-order valence-corrected chi connectivity index (χ0v) is 53.5. The van der Waals surface area contributed by atoms with Gasteiger partial charge in [-0.15, -0.1) is 0 Å². The van der Waals surface area contributed by atoms with E-state index in [1.165, 1.54) is 193 Å². The minimum absolute atomic E-state index is 0.0985. The number of ether oxygens (including phenoxy) is 3. The second-order valence-electron chi connectivity index (χ2n) is 23.1. The van der Waals surface area contributed by atoms with Crippen LogP contribution in [0.4, 0.5) is 0 Å². The molecule has 0 fully saturated rings. The Kier molecular flexibility index (Phi) is 65.7. The fourth-order valence-corrected chi connectivity index (χ4v) is 9.90. The Labute approximate surface area is 502 Å². The number of hydrogen-bond acceptors (Lipinski definition) is 6. The Balaban J connectivity index is 4.40. The Bertz CT molecular complexity index is 1580. The van der Waals surface area contributed by atoms with Crippen molar-refractivity contribution >= 4 is 17.9 Å². The molecule has 6 nitrogen and oxygen atoms in total. The van der Waals surface area contributed by atoms with Crippen LogP contribution in [0.1, 0.15) is 342 Å². The number of rotatable bonds is 63. The smallest absolute Gasteiger partial charge is 0.306 e. The highest BCUT2D eigenvalue weighted by Gasteiger charge is 2.19. The van der Waals surface area contributed by atoms with Crippen molar-refractivity contribution in [3.05, 3.63) is 97.2 Å². The zero-order valence-electron chi connectivity index (χ0n) is 53.5. The van der Waals surface area contributed by atoms with Crippen LogP contribution in [0.3, 0.4) is 0 Å². The minimum Gasteiger partial charge on any atom is -0.462 e. The van der Waals surface area contributed by atoms with Gasteiger partial charge in [-0.3, -0.25) is 14.4 Å². The van der Waals surface area contributed by atoms with Crippen molar-refractivity contribution in [2.75, 3.05) is 13.2 Å². The van der Waals surface area contributed by atoms with Crippen LogP contribution in [-0.2, 0) is 28.6 Å².